The first kappa shape index (κ1) is 16.2. The molecular weight excluding hydrogens is 254 g/mol. The molecule has 1 unspecified atom stereocenters. The number of carbonyl (C=O) groups excluding carboxylic acids is 1. The Labute approximate surface area is 119 Å². The van der Waals surface area contributed by atoms with Crippen molar-refractivity contribution in [3.63, 3.8) is 0 Å². The third-order valence-corrected chi connectivity index (χ3v) is 3.18. The van der Waals surface area contributed by atoms with E-state index in [1.54, 1.807) is 12.1 Å². The summed E-state index contributed by atoms with van der Waals surface area (Å²) >= 11 is 0. The molecule has 0 saturated carbocycles. The van der Waals surface area contributed by atoms with Crippen LogP contribution in [0, 0.1) is 11.3 Å². The van der Waals surface area contributed by atoms with Crippen LogP contribution in [0.5, 0.6) is 0 Å². The Balaban J connectivity index is 2.67. The number of nitrogens with one attached hydrogen (secondary N) is 1. The molecular formula is C15H21N3O2. The van der Waals surface area contributed by atoms with Gasteiger partial charge in [0.2, 0.25) is 5.91 Å². The normalized spacial score (nSPS) is 12.6. The van der Waals surface area contributed by atoms with Gasteiger partial charge in [0.25, 0.3) is 0 Å². The van der Waals surface area contributed by atoms with Gasteiger partial charge in [0.1, 0.15) is 0 Å². The molecule has 0 aliphatic heterocycles. The van der Waals surface area contributed by atoms with Gasteiger partial charge in [-0.1, -0.05) is 12.1 Å². The predicted octanol–water partition coefficient (Wildman–Crippen LogP) is 1.79. The van der Waals surface area contributed by atoms with Crippen LogP contribution >= 0.6 is 0 Å². The van der Waals surface area contributed by atoms with E-state index in [-0.39, 0.29) is 18.4 Å². The average Bonchev–Trinajstić information content (AvgIpc) is 2.45. The van der Waals surface area contributed by atoms with Gasteiger partial charge in [0.05, 0.1) is 24.0 Å². The molecule has 5 nitrogen and oxygen atoms in total. The van der Waals surface area contributed by atoms with Crippen molar-refractivity contribution in [2.45, 2.75) is 31.8 Å². The van der Waals surface area contributed by atoms with Crippen LogP contribution in [0.3, 0.4) is 0 Å². The zero-order valence-corrected chi connectivity index (χ0v) is 12.1. The van der Waals surface area contributed by atoms with Crippen LogP contribution in [-0.2, 0) is 14.9 Å². The Morgan fingerprint density at radius 3 is 2.50 bits per heavy atom. The summed E-state index contributed by atoms with van der Waals surface area (Å²) < 4.78 is 5.06. The number of nitriles is 1. The summed E-state index contributed by atoms with van der Waals surface area (Å²) in [5, 5.41) is 11.9. The molecule has 0 aromatic heterocycles. The summed E-state index contributed by atoms with van der Waals surface area (Å²) in [5.74, 6) is -0.144. The summed E-state index contributed by atoms with van der Waals surface area (Å²) in [6, 6.07) is 9.50. The van der Waals surface area contributed by atoms with Crippen molar-refractivity contribution in [1.29, 1.82) is 5.26 Å². The number of hydrogen-bond acceptors (Lipinski definition) is 4. The number of hydrogen-bond donors (Lipinski definition) is 2. The van der Waals surface area contributed by atoms with Gasteiger partial charge >= 0.3 is 0 Å². The van der Waals surface area contributed by atoms with Gasteiger partial charge in [-0.15, -0.1) is 0 Å². The molecule has 0 spiro atoms. The van der Waals surface area contributed by atoms with Gasteiger partial charge in [-0.3, -0.25) is 4.79 Å². The first-order valence-electron chi connectivity index (χ1n) is 6.47. The standard InChI is InChI=1S/C15H21N3O2/c1-15(2,10-17)11-4-6-12(7-5-11)18-14(19)8-13(9-16)20-3/h4-7,13H,8-9,16H2,1-3H3,(H,18,19). The maximum Gasteiger partial charge on any atom is 0.227 e. The lowest BCUT2D eigenvalue weighted by molar-refractivity contribution is -0.118. The lowest BCUT2D eigenvalue weighted by atomic mass is 9.86. The second-order valence-corrected chi connectivity index (χ2v) is 5.16. The Kier molecular flexibility index (Phi) is 5.68. The van der Waals surface area contributed by atoms with Crippen molar-refractivity contribution >= 4 is 11.6 Å². The number of benzene rings is 1. The Morgan fingerprint density at radius 2 is 2.05 bits per heavy atom. The molecule has 0 fully saturated rings. The zero-order chi connectivity index (χ0) is 15.2. The molecule has 1 rings (SSSR count). The summed E-state index contributed by atoms with van der Waals surface area (Å²) in [4.78, 5) is 11.8. The summed E-state index contributed by atoms with van der Waals surface area (Å²) in [6.45, 7) is 4.01. The van der Waals surface area contributed by atoms with Crippen LogP contribution in [-0.4, -0.2) is 25.7 Å². The third-order valence-electron chi connectivity index (χ3n) is 3.18. The van der Waals surface area contributed by atoms with Gasteiger partial charge in [0.15, 0.2) is 0 Å². The Hall–Kier alpha value is -1.90. The number of nitrogens with zero attached hydrogens (tertiary/aromatic N) is 1. The van der Waals surface area contributed by atoms with Gasteiger partial charge in [0, 0.05) is 19.3 Å². The fourth-order valence-corrected chi connectivity index (χ4v) is 1.72. The Morgan fingerprint density at radius 1 is 1.45 bits per heavy atom. The molecule has 108 valence electrons. The smallest absolute Gasteiger partial charge is 0.227 e. The predicted molar refractivity (Wildman–Crippen MR) is 78.2 cm³/mol. The van der Waals surface area contributed by atoms with Crippen molar-refractivity contribution in [2.24, 2.45) is 5.73 Å². The van der Waals surface area contributed by atoms with Crippen molar-refractivity contribution in [3.8, 4) is 6.07 Å². The van der Waals surface area contributed by atoms with E-state index in [1.807, 2.05) is 26.0 Å². The first-order valence-corrected chi connectivity index (χ1v) is 6.47. The van der Waals surface area contributed by atoms with Gasteiger partial charge < -0.3 is 15.8 Å². The molecule has 1 aromatic carbocycles. The lowest BCUT2D eigenvalue weighted by Crippen LogP contribution is -2.28. The summed E-state index contributed by atoms with van der Waals surface area (Å²) in [6.07, 6.45) is -0.0508. The number of methoxy groups -OCH3 is 1. The monoisotopic (exact) mass is 275 g/mol. The molecule has 0 aliphatic carbocycles. The van der Waals surface area contributed by atoms with E-state index < -0.39 is 5.41 Å². The van der Waals surface area contributed by atoms with Gasteiger partial charge in [-0.05, 0) is 31.5 Å². The maximum absolute atomic E-state index is 11.8. The number of carbonyl (C=O) groups is 1. The maximum atomic E-state index is 11.8. The van der Waals surface area contributed by atoms with Crippen molar-refractivity contribution in [3.05, 3.63) is 29.8 Å². The van der Waals surface area contributed by atoms with Crippen LogP contribution < -0.4 is 11.1 Å². The summed E-state index contributed by atoms with van der Waals surface area (Å²) in [7, 11) is 1.53. The van der Waals surface area contributed by atoms with Gasteiger partial charge in [-0.2, -0.15) is 5.26 Å². The molecule has 1 atom stereocenters. The van der Waals surface area contributed by atoms with E-state index in [0.717, 1.165) is 5.56 Å². The van der Waals surface area contributed by atoms with Crippen LogP contribution in [0.2, 0.25) is 0 Å². The topological polar surface area (TPSA) is 88.1 Å². The minimum absolute atomic E-state index is 0.144. The van der Waals surface area contributed by atoms with Crippen molar-refractivity contribution in [2.75, 3.05) is 19.0 Å². The van der Waals surface area contributed by atoms with E-state index in [1.165, 1.54) is 7.11 Å². The van der Waals surface area contributed by atoms with Crippen molar-refractivity contribution < 1.29 is 9.53 Å². The molecule has 0 saturated heterocycles. The first-order chi connectivity index (χ1) is 9.42. The van der Waals surface area contributed by atoms with Crippen LogP contribution in [0.4, 0.5) is 5.69 Å². The zero-order valence-electron chi connectivity index (χ0n) is 12.1. The highest BCUT2D eigenvalue weighted by molar-refractivity contribution is 5.91. The van der Waals surface area contributed by atoms with E-state index in [4.69, 9.17) is 15.7 Å². The molecule has 0 aliphatic rings. The fourth-order valence-electron chi connectivity index (χ4n) is 1.72. The van der Waals surface area contributed by atoms with E-state index in [2.05, 4.69) is 11.4 Å². The molecule has 0 heterocycles. The van der Waals surface area contributed by atoms with E-state index in [9.17, 15) is 4.79 Å². The quantitative estimate of drug-likeness (QED) is 0.828. The number of nitrogens with two attached hydrogens (primary N) is 1. The third kappa shape index (κ3) is 4.34. The van der Waals surface area contributed by atoms with E-state index in [0.29, 0.717) is 12.2 Å². The SMILES string of the molecule is COC(CN)CC(=O)Nc1ccc(C(C)(C)C#N)cc1. The van der Waals surface area contributed by atoms with Crippen LogP contribution in [0.15, 0.2) is 24.3 Å². The second kappa shape index (κ2) is 7.04. The minimum atomic E-state index is -0.538. The minimum Gasteiger partial charge on any atom is -0.380 e. The van der Waals surface area contributed by atoms with Crippen LogP contribution in [0.25, 0.3) is 0 Å². The van der Waals surface area contributed by atoms with Gasteiger partial charge in [-0.25, -0.2) is 0 Å². The van der Waals surface area contributed by atoms with Crippen molar-refractivity contribution in [1.82, 2.24) is 0 Å². The highest BCUT2D eigenvalue weighted by atomic mass is 16.5. The Bertz CT molecular complexity index is 485. The average molecular weight is 275 g/mol. The highest BCUT2D eigenvalue weighted by Gasteiger charge is 2.19. The molecule has 1 aromatic rings. The fraction of sp³-hybridized carbons (Fsp3) is 0.467. The van der Waals surface area contributed by atoms with E-state index >= 15 is 0 Å². The summed E-state index contributed by atoms with van der Waals surface area (Å²) in [5.41, 5.74) is 6.54. The van der Waals surface area contributed by atoms with Crippen LogP contribution in [0.1, 0.15) is 25.8 Å². The molecule has 20 heavy (non-hydrogen) atoms. The largest absolute Gasteiger partial charge is 0.380 e. The molecule has 0 radical (unpaired) electrons. The molecule has 5 heteroatoms. The highest BCUT2D eigenvalue weighted by Crippen LogP contribution is 2.23. The molecule has 3 N–H and O–H groups in total. The number of ether oxygens (including phenoxy) is 1. The lowest BCUT2D eigenvalue weighted by Gasteiger charge is -2.16. The second-order valence-electron chi connectivity index (χ2n) is 5.16. The molecule has 0 bridgehead atoms. The number of anilines is 1. The molecule has 1 amide bonds. The number of amides is 1. The number of rotatable bonds is 6.